The van der Waals surface area contributed by atoms with Crippen LogP contribution in [-0.2, 0) is 11.3 Å². The van der Waals surface area contributed by atoms with Gasteiger partial charge in [-0.2, -0.15) is 0 Å². The highest BCUT2D eigenvalue weighted by Crippen LogP contribution is 2.27. The molecule has 0 fully saturated rings. The Morgan fingerprint density at radius 3 is 2.73 bits per heavy atom. The molecule has 1 aliphatic heterocycles. The monoisotopic (exact) mass is 358 g/mol. The zero-order chi connectivity index (χ0) is 15.5. The first-order valence-corrected chi connectivity index (χ1v) is 7.64. The van der Waals surface area contributed by atoms with Crippen molar-refractivity contribution in [1.82, 2.24) is 5.32 Å². The number of hydrogen-bond donors (Lipinski definition) is 2. The van der Waals surface area contributed by atoms with E-state index in [0.717, 1.165) is 27.0 Å². The van der Waals surface area contributed by atoms with Gasteiger partial charge in [0.2, 0.25) is 0 Å². The summed E-state index contributed by atoms with van der Waals surface area (Å²) in [5, 5.41) is 6.04. The van der Waals surface area contributed by atoms with Gasteiger partial charge in [0.15, 0.2) is 0 Å². The molecule has 0 radical (unpaired) electrons. The molecule has 4 nitrogen and oxygen atoms in total. The lowest BCUT2D eigenvalue weighted by atomic mass is 9.96. The molecular weight excluding hydrogens is 344 g/mol. The second-order valence-electron chi connectivity index (χ2n) is 4.91. The molecule has 5 heteroatoms. The first-order valence-electron chi connectivity index (χ1n) is 6.85. The van der Waals surface area contributed by atoms with Crippen molar-refractivity contribution in [3.8, 4) is 5.75 Å². The van der Waals surface area contributed by atoms with Crippen LogP contribution in [0, 0.1) is 0 Å². The molecule has 22 heavy (non-hydrogen) atoms. The molecule has 0 saturated carbocycles. The number of nitrogens with one attached hydrogen (secondary N) is 2. The summed E-state index contributed by atoms with van der Waals surface area (Å²) in [6, 6.07) is 13.5. The van der Waals surface area contributed by atoms with Crippen molar-refractivity contribution in [3.05, 3.63) is 64.3 Å². The number of halogens is 1. The third-order valence-electron chi connectivity index (χ3n) is 3.52. The van der Waals surface area contributed by atoms with Crippen LogP contribution in [-0.4, -0.2) is 13.0 Å². The second kappa shape index (κ2) is 6.23. The molecule has 1 amide bonds. The van der Waals surface area contributed by atoms with E-state index in [9.17, 15) is 4.79 Å². The topological polar surface area (TPSA) is 50.4 Å². The van der Waals surface area contributed by atoms with Crippen LogP contribution in [0.4, 0.5) is 5.69 Å². The number of benzene rings is 2. The minimum Gasteiger partial charge on any atom is -0.497 e. The largest absolute Gasteiger partial charge is 0.497 e. The summed E-state index contributed by atoms with van der Waals surface area (Å²) < 4.78 is 6.08. The van der Waals surface area contributed by atoms with Crippen molar-refractivity contribution < 1.29 is 9.53 Å². The fraction of sp³-hybridized carbons (Fsp3) is 0.118. The van der Waals surface area contributed by atoms with Crippen molar-refractivity contribution in [1.29, 1.82) is 0 Å². The summed E-state index contributed by atoms with van der Waals surface area (Å²) in [7, 11) is 1.63. The summed E-state index contributed by atoms with van der Waals surface area (Å²) in [5.41, 5.74) is 3.56. The Morgan fingerprint density at radius 2 is 2.00 bits per heavy atom. The number of rotatable bonds is 3. The quantitative estimate of drug-likeness (QED) is 0.825. The third-order valence-corrected chi connectivity index (χ3v) is 4.01. The highest BCUT2D eigenvalue weighted by Gasteiger charge is 2.21. The summed E-state index contributed by atoms with van der Waals surface area (Å²) in [4.78, 5) is 12.1. The van der Waals surface area contributed by atoms with Crippen LogP contribution in [0.15, 0.2) is 53.1 Å². The van der Waals surface area contributed by atoms with Crippen molar-refractivity contribution in [2.45, 2.75) is 6.54 Å². The van der Waals surface area contributed by atoms with Gasteiger partial charge >= 0.3 is 0 Å². The molecule has 0 aliphatic carbocycles. The van der Waals surface area contributed by atoms with Crippen molar-refractivity contribution in [2.75, 3.05) is 12.4 Å². The highest BCUT2D eigenvalue weighted by molar-refractivity contribution is 9.10. The molecular formula is C17H15BrN2O2. The van der Waals surface area contributed by atoms with E-state index in [4.69, 9.17) is 4.74 Å². The Labute approximate surface area is 137 Å². The predicted octanol–water partition coefficient (Wildman–Crippen LogP) is 3.54. The molecule has 0 aromatic heterocycles. The number of ether oxygens (including phenoxy) is 1. The van der Waals surface area contributed by atoms with Gasteiger partial charge in [-0.25, -0.2) is 0 Å². The molecule has 1 aliphatic rings. The van der Waals surface area contributed by atoms with E-state index in [0.29, 0.717) is 12.1 Å². The summed E-state index contributed by atoms with van der Waals surface area (Å²) in [5.74, 6) is 0.717. The number of amides is 1. The third kappa shape index (κ3) is 2.99. The Hall–Kier alpha value is -2.27. The SMILES string of the molecule is COc1ccc(NC=C2C(=O)NCc3ccc(Br)cc32)cc1. The molecule has 0 spiro atoms. The second-order valence-corrected chi connectivity index (χ2v) is 5.83. The van der Waals surface area contributed by atoms with Crippen LogP contribution in [0.3, 0.4) is 0 Å². The van der Waals surface area contributed by atoms with Crippen LogP contribution in [0.25, 0.3) is 5.57 Å². The van der Waals surface area contributed by atoms with Crippen LogP contribution < -0.4 is 15.4 Å². The van der Waals surface area contributed by atoms with Gasteiger partial charge in [0.1, 0.15) is 5.75 Å². The van der Waals surface area contributed by atoms with Gasteiger partial charge in [0.05, 0.1) is 12.7 Å². The average Bonchev–Trinajstić information content (AvgIpc) is 2.54. The van der Waals surface area contributed by atoms with Crippen molar-refractivity contribution >= 4 is 33.1 Å². The standard InChI is InChI=1S/C17H15BrN2O2/c1-22-14-6-4-13(5-7-14)19-10-16-15-8-12(18)3-2-11(15)9-20-17(16)21/h2-8,10,19H,9H2,1H3,(H,20,21). The minimum absolute atomic E-state index is 0.0772. The van der Waals surface area contributed by atoms with E-state index in [1.54, 1.807) is 13.3 Å². The molecule has 2 N–H and O–H groups in total. The molecule has 3 rings (SSSR count). The summed E-state index contributed by atoms with van der Waals surface area (Å²) >= 11 is 3.46. The van der Waals surface area contributed by atoms with E-state index >= 15 is 0 Å². The molecule has 0 unspecified atom stereocenters. The van der Waals surface area contributed by atoms with Crippen LogP contribution in [0.1, 0.15) is 11.1 Å². The lowest BCUT2D eigenvalue weighted by Gasteiger charge is -2.20. The average molecular weight is 359 g/mol. The fourth-order valence-corrected chi connectivity index (χ4v) is 2.69. The number of hydrogen-bond acceptors (Lipinski definition) is 3. The Kier molecular flexibility index (Phi) is 4.15. The van der Waals surface area contributed by atoms with Gasteiger partial charge in [0, 0.05) is 22.9 Å². The number of fused-ring (bicyclic) bond motifs is 1. The minimum atomic E-state index is -0.0772. The predicted molar refractivity (Wildman–Crippen MR) is 90.6 cm³/mol. The zero-order valence-electron chi connectivity index (χ0n) is 12.0. The van der Waals surface area contributed by atoms with E-state index in [2.05, 4.69) is 26.6 Å². The molecule has 0 bridgehead atoms. The lowest BCUT2D eigenvalue weighted by molar-refractivity contribution is -0.116. The molecule has 112 valence electrons. The number of anilines is 1. The maximum absolute atomic E-state index is 12.1. The molecule has 0 atom stereocenters. The first kappa shape index (κ1) is 14.7. The van der Waals surface area contributed by atoms with Gasteiger partial charge in [-0.15, -0.1) is 0 Å². The number of carbonyl (C=O) groups excluding carboxylic acids is 1. The Morgan fingerprint density at radius 1 is 1.23 bits per heavy atom. The number of methoxy groups -OCH3 is 1. The van der Waals surface area contributed by atoms with Crippen LogP contribution >= 0.6 is 15.9 Å². The van der Waals surface area contributed by atoms with E-state index in [1.807, 2.05) is 42.5 Å². The van der Waals surface area contributed by atoms with Gasteiger partial charge < -0.3 is 15.4 Å². The van der Waals surface area contributed by atoms with Gasteiger partial charge in [-0.05, 0) is 47.5 Å². The van der Waals surface area contributed by atoms with E-state index in [-0.39, 0.29) is 5.91 Å². The van der Waals surface area contributed by atoms with Gasteiger partial charge in [-0.3, -0.25) is 4.79 Å². The van der Waals surface area contributed by atoms with E-state index in [1.165, 1.54) is 0 Å². The Balaban J connectivity index is 1.89. The van der Waals surface area contributed by atoms with E-state index < -0.39 is 0 Å². The molecule has 1 heterocycles. The summed E-state index contributed by atoms with van der Waals surface area (Å²) in [6.45, 7) is 0.557. The lowest BCUT2D eigenvalue weighted by Crippen LogP contribution is -2.29. The van der Waals surface area contributed by atoms with Crippen LogP contribution in [0.5, 0.6) is 5.75 Å². The Bertz CT molecular complexity index is 739. The first-order chi connectivity index (χ1) is 10.7. The zero-order valence-corrected chi connectivity index (χ0v) is 13.6. The van der Waals surface area contributed by atoms with Crippen molar-refractivity contribution in [3.63, 3.8) is 0 Å². The number of carbonyl (C=O) groups is 1. The fourth-order valence-electron chi connectivity index (χ4n) is 2.33. The van der Waals surface area contributed by atoms with Crippen LogP contribution in [0.2, 0.25) is 0 Å². The maximum Gasteiger partial charge on any atom is 0.253 e. The molecule has 0 saturated heterocycles. The smallest absolute Gasteiger partial charge is 0.253 e. The van der Waals surface area contributed by atoms with Crippen molar-refractivity contribution in [2.24, 2.45) is 0 Å². The molecule has 2 aromatic carbocycles. The highest BCUT2D eigenvalue weighted by atomic mass is 79.9. The van der Waals surface area contributed by atoms with Gasteiger partial charge in [-0.1, -0.05) is 22.0 Å². The van der Waals surface area contributed by atoms with Gasteiger partial charge in [0.25, 0.3) is 5.91 Å². The summed E-state index contributed by atoms with van der Waals surface area (Å²) in [6.07, 6.45) is 1.74. The maximum atomic E-state index is 12.1. The molecule has 2 aromatic rings. The normalized spacial score (nSPS) is 15.2.